The molecule has 0 aromatic carbocycles. The van der Waals surface area contributed by atoms with Gasteiger partial charge in [0.1, 0.15) is 0 Å². The van der Waals surface area contributed by atoms with E-state index in [2.05, 4.69) is 24.0 Å². The zero-order chi connectivity index (χ0) is 16.2. The Labute approximate surface area is 137 Å². The van der Waals surface area contributed by atoms with Crippen LogP contribution in [0.5, 0.6) is 0 Å². The molecule has 2 aliphatic heterocycles. The zero-order valence-electron chi connectivity index (χ0n) is 13.9. The Morgan fingerprint density at radius 3 is 3.00 bits per heavy atom. The van der Waals surface area contributed by atoms with Gasteiger partial charge in [-0.15, -0.1) is 0 Å². The highest BCUT2D eigenvalue weighted by atomic mass is 16.5. The number of nitrogens with zero attached hydrogens (tertiary/aromatic N) is 3. The molecule has 23 heavy (non-hydrogen) atoms. The first kappa shape index (κ1) is 16.3. The molecule has 0 N–H and O–H groups in total. The molecule has 6 nitrogen and oxygen atoms in total. The molecule has 2 fully saturated rings. The summed E-state index contributed by atoms with van der Waals surface area (Å²) in [6, 6.07) is 1.89. The molecule has 0 bridgehead atoms. The number of ether oxygens (including phenoxy) is 2. The predicted molar refractivity (Wildman–Crippen MR) is 85.0 cm³/mol. The van der Waals surface area contributed by atoms with E-state index in [0.29, 0.717) is 18.1 Å². The summed E-state index contributed by atoms with van der Waals surface area (Å²) in [5.41, 5.74) is 0.600. The fourth-order valence-electron chi connectivity index (χ4n) is 3.39. The molecule has 1 aromatic heterocycles. The topological polar surface area (TPSA) is 64.5 Å². The Kier molecular flexibility index (Phi) is 5.23. The number of hydrogen-bond donors (Lipinski definition) is 0. The van der Waals surface area contributed by atoms with Crippen molar-refractivity contribution in [3.63, 3.8) is 0 Å². The van der Waals surface area contributed by atoms with Crippen LogP contribution in [0.3, 0.4) is 0 Å². The number of carbonyl (C=O) groups excluding carboxylic acids is 1. The summed E-state index contributed by atoms with van der Waals surface area (Å²) in [4.78, 5) is 14.5. The van der Waals surface area contributed by atoms with E-state index in [9.17, 15) is 4.79 Å². The van der Waals surface area contributed by atoms with Crippen LogP contribution in [-0.2, 0) is 9.47 Å². The summed E-state index contributed by atoms with van der Waals surface area (Å²) in [6.45, 7) is 6.46. The predicted octanol–water partition coefficient (Wildman–Crippen LogP) is 1.91. The number of aromatic nitrogens is 2. The van der Waals surface area contributed by atoms with Crippen molar-refractivity contribution in [3.8, 4) is 0 Å². The van der Waals surface area contributed by atoms with Gasteiger partial charge in [0, 0.05) is 13.2 Å². The standard InChI is InChI=1S/C17H25N3O3/c1-12(2)10-22-11-14-3-4-15-16(23-14)6-8-20(15)17(21)13-5-7-18-19-9-13/h5,7,9,12,14-16H,3-4,6,8,10-11H2,1-2H3/t14-,15+,16+/m0/s1. The molecule has 3 heterocycles. The van der Waals surface area contributed by atoms with Crippen LogP contribution in [0.1, 0.15) is 43.5 Å². The molecule has 0 aliphatic carbocycles. The molecule has 2 saturated heterocycles. The molecule has 1 amide bonds. The quantitative estimate of drug-likeness (QED) is 0.829. The van der Waals surface area contributed by atoms with Gasteiger partial charge in [0.15, 0.2) is 0 Å². The van der Waals surface area contributed by atoms with Gasteiger partial charge in [0.05, 0.1) is 42.8 Å². The smallest absolute Gasteiger partial charge is 0.255 e. The first-order chi connectivity index (χ1) is 11.1. The van der Waals surface area contributed by atoms with Crippen LogP contribution in [0, 0.1) is 5.92 Å². The third-order valence-electron chi connectivity index (χ3n) is 4.48. The summed E-state index contributed by atoms with van der Waals surface area (Å²) in [6.07, 6.45) is 6.20. The molecule has 3 atom stereocenters. The van der Waals surface area contributed by atoms with Crippen LogP contribution in [0.2, 0.25) is 0 Å². The van der Waals surface area contributed by atoms with Gasteiger partial charge in [0.2, 0.25) is 0 Å². The molecule has 2 aliphatic rings. The van der Waals surface area contributed by atoms with Crippen LogP contribution >= 0.6 is 0 Å². The lowest BCUT2D eigenvalue weighted by Crippen LogP contribution is -2.46. The molecular formula is C17H25N3O3. The number of amides is 1. The number of hydrogen-bond acceptors (Lipinski definition) is 5. The Morgan fingerprint density at radius 2 is 2.26 bits per heavy atom. The van der Waals surface area contributed by atoms with Gasteiger partial charge >= 0.3 is 0 Å². The summed E-state index contributed by atoms with van der Waals surface area (Å²) in [5.74, 6) is 0.574. The van der Waals surface area contributed by atoms with Crippen molar-refractivity contribution >= 4 is 5.91 Å². The maximum absolute atomic E-state index is 12.6. The minimum atomic E-state index is 0.0329. The van der Waals surface area contributed by atoms with E-state index >= 15 is 0 Å². The number of rotatable bonds is 5. The van der Waals surface area contributed by atoms with E-state index in [-0.39, 0.29) is 24.2 Å². The van der Waals surface area contributed by atoms with Crippen LogP contribution in [0.15, 0.2) is 18.5 Å². The highest BCUT2D eigenvalue weighted by Gasteiger charge is 2.42. The van der Waals surface area contributed by atoms with Gasteiger partial charge in [-0.05, 0) is 31.2 Å². The summed E-state index contributed by atoms with van der Waals surface area (Å²) >= 11 is 0. The SMILES string of the molecule is CC(C)COC[C@@H]1CC[C@@H]2[C@@H](CCN2C(=O)c2ccnnc2)O1. The number of fused-ring (bicyclic) bond motifs is 1. The van der Waals surface area contributed by atoms with E-state index in [0.717, 1.165) is 32.4 Å². The van der Waals surface area contributed by atoms with E-state index in [1.54, 1.807) is 12.3 Å². The Bertz CT molecular complexity index is 523. The van der Waals surface area contributed by atoms with Crippen molar-refractivity contribution in [1.82, 2.24) is 15.1 Å². The lowest BCUT2D eigenvalue weighted by atomic mass is 9.99. The molecule has 0 saturated carbocycles. The highest BCUT2D eigenvalue weighted by Crippen LogP contribution is 2.32. The van der Waals surface area contributed by atoms with Crippen LogP contribution in [-0.4, -0.2) is 59.0 Å². The van der Waals surface area contributed by atoms with Crippen LogP contribution < -0.4 is 0 Å². The Hall–Kier alpha value is -1.53. The van der Waals surface area contributed by atoms with E-state index in [1.807, 2.05) is 4.90 Å². The normalized spacial score (nSPS) is 27.3. The molecule has 1 aromatic rings. The van der Waals surface area contributed by atoms with Crippen molar-refractivity contribution in [3.05, 3.63) is 24.0 Å². The summed E-state index contributed by atoms with van der Waals surface area (Å²) < 4.78 is 11.9. The third kappa shape index (κ3) is 3.87. The van der Waals surface area contributed by atoms with Gasteiger partial charge in [-0.1, -0.05) is 13.8 Å². The van der Waals surface area contributed by atoms with Crippen molar-refractivity contribution in [1.29, 1.82) is 0 Å². The Morgan fingerprint density at radius 1 is 1.39 bits per heavy atom. The summed E-state index contributed by atoms with van der Waals surface area (Å²) in [7, 11) is 0. The van der Waals surface area contributed by atoms with Crippen LogP contribution in [0.4, 0.5) is 0 Å². The molecule has 6 heteroatoms. The van der Waals surface area contributed by atoms with Crippen LogP contribution in [0.25, 0.3) is 0 Å². The van der Waals surface area contributed by atoms with E-state index in [4.69, 9.17) is 9.47 Å². The van der Waals surface area contributed by atoms with Crippen molar-refractivity contribution in [2.75, 3.05) is 19.8 Å². The molecule has 126 valence electrons. The van der Waals surface area contributed by atoms with Gasteiger partial charge in [-0.25, -0.2) is 0 Å². The third-order valence-corrected chi connectivity index (χ3v) is 4.48. The van der Waals surface area contributed by atoms with E-state index < -0.39 is 0 Å². The second-order valence-corrected chi connectivity index (χ2v) is 6.79. The summed E-state index contributed by atoms with van der Waals surface area (Å²) in [5, 5.41) is 7.52. The van der Waals surface area contributed by atoms with Crippen molar-refractivity contribution < 1.29 is 14.3 Å². The maximum Gasteiger partial charge on any atom is 0.255 e. The number of likely N-dealkylation sites (tertiary alicyclic amines) is 1. The first-order valence-corrected chi connectivity index (χ1v) is 8.46. The largest absolute Gasteiger partial charge is 0.378 e. The van der Waals surface area contributed by atoms with Crippen molar-refractivity contribution in [2.45, 2.75) is 51.4 Å². The van der Waals surface area contributed by atoms with E-state index in [1.165, 1.54) is 6.20 Å². The maximum atomic E-state index is 12.6. The molecule has 3 rings (SSSR count). The van der Waals surface area contributed by atoms with Crippen molar-refractivity contribution in [2.24, 2.45) is 5.92 Å². The average molecular weight is 319 g/mol. The van der Waals surface area contributed by atoms with Gasteiger partial charge in [-0.2, -0.15) is 10.2 Å². The monoisotopic (exact) mass is 319 g/mol. The molecule has 0 radical (unpaired) electrons. The van der Waals surface area contributed by atoms with Gasteiger partial charge in [0.25, 0.3) is 5.91 Å². The van der Waals surface area contributed by atoms with Gasteiger partial charge < -0.3 is 14.4 Å². The highest BCUT2D eigenvalue weighted by molar-refractivity contribution is 5.94. The molecule has 0 unspecified atom stereocenters. The first-order valence-electron chi connectivity index (χ1n) is 8.46. The minimum absolute atomic E-state index is 0.0329. The minimum Gasteiger partial charge on any atom is -0.378 e. The second kappa shape index (κ2) is 7.36. The zero-order valence-corrected chi connectivity index (χ0v) is 13.9. The fraction of sp³-hybridized carbons (Fsp3) is 0.706. The molecule has 0 spiro atoms. The number of carbonyl (C=O) groups is 1. The average Bonchev–Trinajstić information content (AvgIpc) is 2.98. The molecular weight excluding hydrogens is 294 g/mol. The second-order valence-electron chi connectivity index (χ2n) is 6.79. The lowest BCUT2D eigenvalue weighted by Gasteiger charge is -2.36. The fourth-order valence-corrected chi connectivity index (χ4v) is 3.39. The Balaban J connectivity index is 1.54. The van der Waals surface area contributed by atoms with Gasteiger partial charge in [-0.3, -0.25) is 4.79 Å². The lowest BCUT2D eigenvalue weighted by molar-refractivity contribution is -0.0985.